The third kappa shape index (κ3) is 4.44. The van der Waals surface area contributed by atoms with Crippen LogP contribution in [0.25, 0.3) is 0 Å². The van der Waals surface area contributed by atoms with Crippen molar-refractivity contribution in [2.75, 3.05) is 6.61 Å². The van der Waals surface area contributed by atoms with Gasteiger partial charge in [0, 0.05) is 6.42 Å². The van der Waals surface area contributed by atoms with E-state index in [4.69, 9.17) is 4.74 Å². The first-order valence-electron chi connectivity index (χ1n) is 10.2. The van der Waals surface area contributed by atoms with E-state index in [9.17, 15) is 9.59 Å². The van der Waals surface area contributed by atoms with E-state index < -0.39 is 0 Å². The highest BCUT2D eigenvalue weighted by molar-refractivity contribution is 5.81. The normalized spacial score (nSPS) is 23.0. The predicted octanol–water partition coefficient (Wildman–Crippen LogP) is 4.26. The zero-order valence-corrected chi connectivity index (χ0v) is 16.1. The van der Waals surface area contributed by atoms with E-state index in [0.29, 0.717) is 18.3 Å². The van der Waals surface area contributed by atoms with Gasteiger partial charge in [0.25, 0.3) is 5.91 Å². The second-order valence-electron chi connectivity index (χ2n) is 8.12. The highest BCUT2D eigenvalue weighted by Gasteiger charge is 2.40. The van der Waals surface area contributed by atoms with E-state index in [1.165, 1.54) is 19.3 Å². The zero-order chi connectivity index (χ0) is 19.3. The molecule has 0 aliphatic heterocycles. The van der Waals surface area contributed by atoms with Gasteiger partial charge in [-0.1, -0.05) is 67.1 Å². The Morgan fingerprint density at radius 1 is 0.929 bits per heavy atom. The van der Waals surface area contributed by atoms with Crippen LogP contribution in [0.3, 0.4) is 0 Å². The molecule has 1 N–H and O–H groups in total. The molecule has 2 aliphatic carbocycles. The van der Waals surface area contributed by atoms with E-state index in [-0.39, 0.29) is 24.5 Å². The average molecular weight is 377 g/mol. The molecule has 2 aromatic rings. The number of rotatable bonds is 7. The Morgan fingerprint density at radius 2 is 1.57 bits per heavy atom. The fourth-order valence-corrected chi connectivity index (χ4v) is 4.90. The van der Waals surface area contributed by atoms with Gasteiger partial charge in [-0.15, -0.1) is 0 Å². The molecule has 1 amide bonds. The zero-order valence-electron chi connectivity index (χ0n) is 16.1. The van der Waals surface area contributed by atoms with Crippen molar-refractivity contribution in [2.24, 2.45) is 17.8 Å². The summed E-state index contributed by atoms with van der Waals surface area (Å²) >= 11 is 0. The quantitative estimate of drug-likeness (QED) is 0.734. The summed E-state index contributed by atoms with van der Waals surface area (Å²) in [5.74, 6) is 1.42. The molecule has 4 heteroatoms. The lowest BCUT2D eigenvalue weighted by molar-refractivity contribution is -0.150. The predicted molar refractivity (Wildman–Crippen MR) is 107 cm³/mol. The van der Waals surface area contributed by atoms with Gasteiger partial charge in [0.1, 0.15) is 0 Å². The molecular formula is C24H27NO3. The van der Waals surface area contributed by atoms with E-state index in [1.54, 1.807) is 0 Å². The molecule has 4 rings (SSSR count). The van der Waals surface area contributed by atoms with Gasteiger partial charge in [-0.25, -0.2) is 0 Å². The SMILES string of the molecule is O=C(COC(=O)C[C@H]1C[C@@H]2CC[C@H]1C2)NC(c1ccccc1)c1ccccc1. The van der Waals surface area contributed by atoms with Crippen LogP contribution in [-0.2, 0) is 14.3 Å². The highest BCUT2D eigenvalue weighted by Crippen LogP contribution is 2.49. The highest BCUT2D eigenvalue weighted by atomic mass is 16.5. The van der Waals surface area contributed by atoms with Crippen LogP contribution in [0.15, 0.2) is 60.7 Å². The van der Waals surface area contributed by atoms with Crippen molar-refractivity contribution in [1.29, 1.82) is 0 Å². The maximum atomic E-state index is 12.5. The Balaban J connectivity index is 1.32. The van der Waals surface area contributed by atoms with Crippen LogP contribution in [0.2, 0.25) is 0 Å². The van der Waals surface area contributed by atoms with Crippen molar-refractivity contribution >= 4 is 11.9 Å². The molecule has 146 valence electrons. The fraction of sp³-hybridized carbons (Fsp3) is 0.417. The van der Waals surface area contributed by atoms with Crippen LogP contribution in [0.1, 0.15) is 49.3 Å². The van der Waals surface area contributed by atoms with Crippen LogP contribution in [0.5, 0.6) is 0 Å². The molecule has 0 saturated heterocycles. The summed E-state index contributed by atoms with van der Waals surface area (Å²) in [7, 11) is 0. The molecule has 2 aromatic carbocycles. The number of carbonyl (C=O) groups excluding carboxylic acids is 2. The van der Waals surface area contributed by atoms with Crippen molar-refractivity contribution < 1.29 is 14.3 Å². The molecular weight excluding hydrogens is 350 g/mol. The van der Waals surface area contributed by atoms with Crippen LogP contribution in [-0.4, -0.2) is 18.5 Å². The first-order valence-corrected chi connectivity index (χ1v) is 10.2. The van der Waals surface area contributed by atoms with Gasteiger partial charge in [-0.2, -0.15) is 0 Å². The third-order valence-corrected chi connectivity index (χ3v) is 6.25. The Morgan fingerprint density at radius 3 is 2.11 bits per heavy atom. The Kier molecular flexibility index (Phi) is 5.75. The van der Waals surface area contributed by atoms with E-state index in [0.717, 1.165) is 23.5 Å². The second kappa shape index (κ2) is 8.59. The smallest absolute Gasteiger partial charge is 0.306 e. The summed E-state index contributed by atoms with van der Waals surface area (Å²) in [6.07, 6.45) is 5.44. The van der Waals surface area contributed by atoms with Gasteiger partial charge in [0.15, 0.2) is 6.61 Å². The van der Waals surface area contributed by atoms with Crippen molar-refractivity contribution in [2.45, 2.75) is 38.1 Å². The van der Waals surface area contributed by atoms with Crippen LogP contribution >= 0.6 is 0 Å². The first kappa shape index (κ1) is 18.7. The van der Waals surface area contributed by atoms with Crippen LogP contribution < -0.4 is 5.32 Å². The molecule has 3 atom stereocenters. The lowest BCUT2D eigenvalue weighted by Crippen LogP contribution is -2.33. The summed E-state index contributed by atoms with van der Waals surface area (Å²) in [4.78, 5) is 24.7. The largest absolute Gasteiger partial charge is 0.456 e. The summed E-state index contributed by atoms with van der Waals surface area (Å²) in [5, 5.41) is 3.01. The van der Waals surface area contributed by atoms with Crippen molar-refractivity contribution in [3.63, 3.8) is 0 Å². The summed E-state index contributed by atoms with van der Waals surface area (Å²) in [6, 6.07) is 19.4. The van der Waals surface area contributed by atoms with Crippen LogP contribution in [0, 0.1) is 17.8 Å². The molecule has 2 fully saturated rings. The Labute approximate surface area is 166 Å². The summed E-state index contributed by atoms with van der Waals surface area (Å²) in [5.41, 5.74) is 1.99. The van der Waals surface area contributed by atoms with Crippen LogP contribution in [0.4, 0.5) is 0 Å². The fourth-order valence-electron chi connectivity index (χ4n) is 4.90. The van der Waals surface area contributed by atoms with Gasteiger partial charge in [-0.3, -0.25) is 9.59 Å². The lowest BCUT2D eigenvalue weighted by Gasteiger charge is -2.21. The molecule has 4 nitrogen and oxygen atoms in total. The summed E-state index contributed by atoms with van der Waals surface area (Å²) < 4.78 is 5.30. The minimum atomic E-state index is -0.279. The molecule has 0 unspecified atom stereocenters. The van der Waals surface area contributed by atoms with Crippen molar-refractivity contribution in [3.05, 3.63) is 71.8 Å². The maximum absolute atomic E-state index is 12.5. The number of carbonyl (C=O) groups is 2. The molecule has 2 saturated carbocycles. The topological polar surface area (TPSA) is 55.4 Å². The van der Waals surface area contributed by atoms with Gasteiger partial charge >= 0.3 is 5.97 Å². The average Bonchev–Trinajstić information content (AvgIpc) is 3.35. The third-order valence-electron chi connectivity index (χ3n) is 6.25. The number of benzene rings is 2. The molecule has 0 radical (unpaired) electrons. The van der Waals surface area contributed by atoms with E-state index in [2.05, 4.69) is 5.32 Å². The minimum absolute atomic E-state index is 0.226. The van der Waals surface area contributed by atoms with E-state index in [1.807, 2.05) is 60.7 Å². The van der Waals surface area contributed by atoms with Gasteiger partial charge in [0.2, 0.25) is 0 Å². The molecule has 2 aliphatic rings. The Bertz CT molecular complexity index is 766. The number of esters is 1. The molecule has 28 heavy (non-hydrogen) atoms. The number of nitrogens with one attached hydrogen (secondary N) is 1. The molecule has 0 heterocycles. The van der Waals surface area contributed by atoms with Gasteiger partial charge < -0.3 is 10.1 Å². The maximum Gasteiger partial charge on any atom is 0.306 e. The van der Waals surface area contributed by atoms with Crippen molar-refractivity contribution in [1.82, 2.24) is 5.32 Å². The van der Waals surface area contributed by atoms with Gasteiger partial charge in [0.05, 0.1) is 6.04 Å². The number of amides is 1. The van der Waals surface area contributed by atoms with Crippen molar-refractivity contribution in [3.8, 4) is 0 Å². The number of ether oxygens (including phenoxy) is 1. The molecule has 2 bridgehead atoms. The second-order valence-corrected chi connectivity index (χ2v) is 8.12. The Hall–Kier alpha value is -2.62. The standard InChI is InChI=1S/C24H27NO3/c26-22(16-28-23(27)15-21-14-17-11-12-20(21)13-17)25-24(18-7-3-1-4-8-18)19-9-5-2-6-10-19/h1-10,17,20-21,24H,11-16H2,(H,25,26)/t17-,20+,21-/m1/s1. The first-order chi connectivity index (χ1) is 13.7. The molecule has 0 aromatic heterocycles. The lowest BCUT2D eigenvalue weighted by atomic mass is 9.86. The van der Waals surface area contributed by atoms with Gasteiger partial charge in [-0.05, 0) is 48.1 Å². The molecule has 0 spiro atoms. The van der Waals surface area contributed by atoms with E-state index >= 15 is 0 Å². The summed E-state index contributed by atoms with van der Waals surface area (Å²) in [6.45, 7) is -0.226. The number of hydrogen-bond donors (Lipinski definition) is 1. The number of fused-ring (bicyclic) bond motifs is 2. The number of hydrogen-bond acceptors (Lipinski definition) is 3. The monoisotopic (exact) mass is 377 g/mol. The minimum Gasteiger partial charge on any atom is -0.456 e.